The molecule has 166 valence electrons. The number of aryl methyl sites for hydroxylation is 1. The Hall–Kier alpha value is -2.52. The number of amides is 1. The number of fused-ring (bicyclic) bond motifs is 1. The number of sulfonamides is 1. The molecule has 0 spiro atoms. The van der Waals surface area contributed by atoms with Crippen molar-refractivity contribution in [2.24, 2.45) is 0 Å². The molecule has 0 bridgehead atoms. The molecular weight excluding hydrogens is 416 g/mol. The minimum atomic E-state index is -3.36. The van der Waals surface area contributed by atoms with E-state index in [1.165, 1.54) is 10.6 Å². The summed E-state index contributed by atoms with van der Waals surface area (Å²) in [4.78, 5) is 35.2. The Morgan fingerprint density at radius 2 is 2.06 bits per heavy atom. The fourth-order valence-corrected chi connectivity index (χ4v) is 5.27. The summed E-state index contributed by atoms with van der Waals surface area (Å²) in [5.74, 6) is 0.463. The van der Waals surface area contributed by atoms with Crippen molar-refractivity contribution >= 4 is 15.9 Å². The minimum absolute atomic E-state index is 0.00781. The predicted molar refractivity (Wildman–Crippen MR) is 117 cm³/mol. The lowest BCUT2D eigenvalue weighted by molar-refractivity contribution is -0.134. The van der Waals surface area contributed by atoms with E-state index < -0.39 is 10.0 Å². The van der Waals surface area contributed by atoms with E-state index in [4.69, 9.17) is 0 Å². The van der Waals surface area contributed by atoms with Crippen molar-refractivity contribution in [1.29, 1.82) is 0 Å². The number of piperidine rings is 1. The summed E-state index contributed by atoms with van der Waals surface area (Å²) < 4.78 is 25.3. The van der Waals surface area contributed by atoms with E-state index in [2.05, 4.69) is 9.97 Å². The molecule has 9 heteroatoms. The third kappa shape index (κ3) is 4.72. The van der Waals surface area contributed by atoms with Crippen LogP contribution in [-0.4, -0.2) is 52.8 Å². The second-order valence-electron chi connectivity index (χ2n) is 8.49. The highest BCUT2D eigenvalue weighted by molar-refractivity contribution is 7.88. The summed E-state index contributed by atoms with van der Waals surface area (Å²) in [6.45, 7) is 2.99. The van der Waals surface area contributed by atoms with Gasteiger partial charge in [0.05, 0.1) is 31.0 Å². The number of benzene rings is 1. The van der Waals surface area contributed by atoms with E-state index in [0.29, 0.717) is 36.5 Å². The maximum atomic E-state index is 13.1. The Balaban J connectivity index is 1.62. The van der Waals surface area contributed by atoms with Gasteiger partial charge in [-0.15, -0.1) is 0 Å². The van der Waals surface area contributed by atoms with Crippen LogP contribution in [-0.2, 0) is 34.2 Å². The summed E-state index contributed by atoms with van der Waals surface area (Å²) in [5.41, 5.74) is 2.87. The number of carbonyl (C=O) groups is 1. The number of likely N-dealkylation sites (tertiary alicyclic amines) is 1. The van der Waals surface area contributed by atoms with Gasteiger partial charge in [0.1, 0.15) is 5.82 Å². The molecule has 0 radical (unpaired) electrons. The van der Waals surface area contributed by atoms with Gasteiger partial charge in [-0.2, -0.15) is 4.31 Å². The average molecular weight is 445 g/mol. The van der Waals surface area contributed by atoms with Crippen LogP contribution in [0.25, 0.3) is 0 Å². The topological polar surface area (TPSA) is 103 Å². The normalized spacial score (nSPS) is 19.8. The number of aromatic nitrogens is 2. The molecule has 1 N–H and O–H groups in total. The van der Waals surface area contributed by atoms with E-state index in [1.807, 2.05) is 36.1 Å². The van der Waals surface area contributed by atoms with Crippen LogP contribution in [0.2, 0.25) is 0 Å². The predicted octanol–water partition coefficient (Wildman–Crippen LogP) is 1.69. The number of aromatic amines is 1. The molecule has 8 nitrogen and oxygen atoms in total. The highest BCUT2D eigenvalue weighted by atomic mass is 32.2. The molecule has 1 unspecified atom stereocenters. The van der Waals surface area contributed by atoms with Crippen molar-refractivity contribution < 1.29 is 13.2 Å². The van der Waals surface area contributed by atoms with Gasteiger partial charge in [-0.3, -0.25) is 9.59 Å². The Labute approximate surface area is 182 Å². The van der Waals surface area contributed by atoms with Crippen LogP contribution in [0.1, 0.15) is 53.5 Å². The Morgan fingerprint density at radius 1 is 1.26 bits per heavy atom. The molecule has 2 aliphatic rings. The lowest BCUT2D eigenvalue weighted by Crippen LogP contribution is -2.42. The molecule has 31 heavy (non-hydrogen) atoms. The average Bonchev–Trinajstić information content (AvgIpc) is 2.72. The van der Waals surface area contributed by atoms with Crippen molar-refractivity contribution in [2.45, 2.75) is 51.6 Å². The van der Waals surface area contributed by atoms with Crippen LogP contribution >= 0.6 is 0 Å². The number of H-pyrrole nitrogens is 1. The first kappa shape index (κ1) is 21.7. The van der Waals surface area contributed by atoms with Crippen molar-refractivity contribution in [3.63, 3.8) is 0 Å². The number of nitrogens with one attached hydrogen (secondary N) is 1. The lowest BCUT2D eigenvalue weighted by atomic mass is 9.99. The van der Waals surface area contributed by atoms with E-state index in [-0.39, 0.29) is 30.6 Å². The SMILES string of the molecule is Cc1cccc(CC(=O)N2CCCCC2c2nc3c(c(=O)[nH]2)CCN(S(C)(=O)=O)C3)c1. The molecule has 4 rings (SSSR count). The molecule has 1 atom stereocenters. The molecule has 1 saturated heterocycles. The van der Waals surface area contributed by atoms with Crippen LogP contribution in [0, 0.1) is 6.92 Å². The standard InChI is InChI=1S/C22H28N4O4S/c1-15-6-5-7-16(12-15)13-20(27)26-10-4-3-8-19(26)21-23-18-14-25(31(2,29)30)11-9-17(18)22(28)24-21/h5-7,12,19H,3-4,8-11,13-14H2,1-2H3,(H,23,24,28). The molecular formula is C22H28N4O4S. The Kier molecular flexibility index (Phi) is 5.98. The van der Waals surface area contributed by atoms with Gasteiger partial charge in [0.15, 0.2) is 0 Å². The van der Waals surface area contributed by atoms with Gasteiger partial charge in [-0.25, -0.2) is 13.4 Å². The zero-order valence-corrected chi connectivity index (χ0v) is 18.7. The second-order valence-corrected chi connectivity index (χ2v) is 10.5. The van der Waals surface area contributed by atoms with E-state index in [1.54, 1.807) is 0 Å². The fraction of sp³-hybridized carbons (Fsp3) is 0.500. The first-order chi connectivity index (χ1) is 14.7. The van der Waals surface area contributed by atoms with Crippen LogP contribution in [0.5, 0.6) is 0 Å². The van der Waals surface area contributed by atoms with Gasteiger partial charge in [0, 0.05) is 18.7 Å². The molecule has 1 aromatic carbocycles. The number of carbonyl (C=O) groups excluding carboxylic acids is 1. The summed E-state index contributed by atoms with van der Waals surface area (Å²) in [6, 6.07) is 7.59. The molecule has 2 aromatic rings. The van der Waals surface area contributed by atoms with Gasteiger partial charge in [-0.1, -0.05) is 29.8 Å². The summed E-state index contributed by atoms with van der Waals surface area (Å²) in [5, 5.41) is 0. The Bertz CT molecular complexity index is 1160. The van der Waals surface area contributed by atoms with Crippen LogP contribution in [0.4, 0.5) is 0 Å². The molecule has 3 heterocycles. The van der Waals surface area contributed by atoms with Gasteiger partial charge < -0.3 is 9.88 Å². The zero-order valence-electron chi connectivity index (χ0n) is 17.9. The smallest absolute Gasteiger partial charge is 0.254 e. The van der Waals surface area contributed by atoms with E-state index in [9.17, 15) is 18.0 Å². The summed E-state index contributed by atoms with van der Waals surface area (Å²) >= 11 is 0. The van der Waals surface area contributed by atoms with Crippen molar-refractivity contribution in [3.05, 3.63) is 62.8 Å². The monoisotopic (exact) mass is 444 g/mol. The summed E-state index contributed by atoms with van der Waals surface area (Å²) in [7, 11) is -3.36. The van der Waals surface area contributed by atoms with Gasteiger partial charge >= 0.3 is 0 Å². The Morgan fingerprint density at radius 3 is 2.81 bits per heavy atom. The highest BCUT2D eigenvalue weighted by Gasteiger charge is 2.32. The van der Waals surface area contributed by atoms with Gasteiger partial charge in [-0.05, 0) is 38.2 Å². The number of hydrogen-bond donors (Lipinski definition) is 1. The molecule has 0 saturated carbocycles. The fourth-order valence-electron chi connectivity index (χ4n) is 4.49. The van der Waals surface area contributed by atoms with E-state index >= 15 is 0 Å². The van der Waals surface area contributed by atoms with Crippen molar-refractivity contribution in [3.8, 4) is 0 Å². The number of hydrogen-bond acceptors (Lipinski definition) is 5. The van der Waals surface area contributed by atoms with Gasteiger partial charge in [0.25, 0.3) is 5.56 Å². The van der Waals surface area contributed by atoms with Gasteiger partial charge in [0.2, 0.25) is 15.9 Å². The van der Waals surface area contributed by atoms with Crippen LogP contribution in [0.15, 0.2) is 29.1 Å². The first-order valence-corrected chi connectivity index (χ1v) is 12.5. The molecule has 0 aliphatic carbocycles. The maximum absolute atomic E-state index is 13.1. The maximum Gasteiger partial charge on any atom is 0.254 e. The van der Waals surface area contributed by atoms with Crippen LogP contribution in [0.3, 0.4) is 0 Å². The highest BCUT2D eigenvalue weighted by Crippen LogP contribution is 2.30. The third-order valence-corrected chi connectivity index (χ3v) is 7.35. The van der Waals surface area contributed by atoms with Crippen LogP contribution < -0.4 is 5.56 Å². The minimum Gasteiger partial charge on any atom is -0.332 e. The quantitative estimate of drug-likeness (QED) is 0.773. The van der Waals surface area contributed by atoms with Crippen molar-refractivity contribution in [1.82, 2.24) is 19.2 Å². The molecule has 2 aliphatic heterocycles. The number of nitrogens with zero attached hydrogens (tertiary/aromatic N) is 3. The summed E-state index contributed by atoms with van der Waals surface area (Å²) in [6.07, 6.45) is 4.37. The first-order valence-electron chi connectivity index (χ1n) is 10.6. The molecule has 1 aromatic heterocycles. The molecule has 1 amide bonds. The largest absolute Gasteiger partial charge is 0.332 e. The zero-order chi connectivity index (χ0) is 22.2. The lowest BCUT2D eigenvalue weighted by Gasteiger charge is -2.36. The number of rotatable bonds is 4. The van der Waals surface area contributed by atoms with Crippen molar-refractivity contribution in [2.75, 3.05) is 19.3 Å². The molecule has 1 fully saturated rings. The second kappa shape index (κ2) is 8.55. The third-order valence-electron chi connectivity index (χ3n) is 6.10. The van der Waals surface area contributed by atoms with E-state index in [0.717, 1.165) is 30.4 Å².